The van der Waals surface area contributed by atoms with Crippen LogP contribution >= 0.6 is 0 Å². The second-order valence-electron chi connectivity index (χ2n) is 3.39. The quantitative estimate of drug-likeness (QED) is 0.717. The van der Waals surface area contributed by atoms with E-state index in [2.05, 4.69) is 0 Å². The molecule has 0 spiro atoms. The Hall–Kier alpha value is -0.590. The third-order valence-corrected chi connectivity index (χ3v) is 2.69. The Morgan fingerprint density at radius 2 is 1.73 bits per heavy atom. The molecule has 0 heterocycles. The lowest BCUT2D eigenvalue weighted by Crippen LogP contribution is -2.12. The first-order valence-electron chi connectivity index (χ1n) is 4.36. The lowest BCUT2D eigenvalue weighted by atomic mass is 10.1. The molecule has 0 radical (unpaired) electrons. The van der Waals surface area contributed by atoms with Crippen LogP contribution in [0.15, 0.2) is 0 Å². The van der Waals surface area contributed by atoms with Crippen molar-refractivity contribution < 1.29 is 26.4 Å². The molecule has 0 unspecified atom stereocenters. The van der Waals surface area contributed by atoms with Gasteiger partial charge in [0, 0.05) is 19.1 Å². The predicted molar refractivity (Wildman–Crippen MR) is 49.2 cm³/mol. The van der Waals surface area contributed by atoms with E-state index in [0.29, 0.717) is 0 Å². The minimum Gasteiger partial charge on any atom is -0.300 e. The van der Waals surface area contributed by atoms with Crippen molar-refractivity contribution in [2.24, 2.45) is 0 Å². The van der Waals surface area contributed by atoms with Crippen molar-refractivity contribution in [3.63, 3.8) is 0 Å². The minimum absolute atomic E-state index is 0.0928. The predicted octanol–water partition coefficient (Wildman–Crippen LogP) is 1.72. The van der Waals surface area contributed by atoms with Crippen molar-refractivity contribution in [3.05, 3.63) is 0 Å². The Morgan fingerprint density at radius 3 is 2.13 bits per heavy atom. The van der Waals surface area contributed by atoms with Gasteiger partial charge in [0.25, 0.3) is 0 Å². The third-order valence-electron chi connectivity index (χ3n) is 1.66. The summed E-state index contributed by atoms with van der Waals surface area (Å²) in [5, 5.41) is 0. The molecule has 0 aliphatic rings. The fraction of sp³-hybridized carbons (Fsp3) is 0.875. The highest BCUT2D eigenvalue weighted by Gasteiger charge is 2.27. The van der Waals surface area contributed by atoms with Crippen LogP contribution in [0.5, 0.6) is 0 Å². The molecule has 0 aliphatic carbocycles. The van der Waals surface area contributed by atoms with Gasteiger partial charge < -0.3 is 0 Å². The molecule has 7 heteroatoms. The van der Waals surface area contributed by atoms with Gasteiger partial charge in [0.15, 0.2) is 0 Å². The first kappa shape index (κ1) is 14.4. The minimum atomic E-state index is -4.33. The highest BCUT2D eigenvalue weighted by atomic mass is 32.2. The van der Waals surface area contributed by atoms with Gasteiger partial charge in [-0.3, -0.25) is 4.79 Å². The summed E-state index contributed by atoms with van der Waals surface area (Å²) < 4.78 is 56.3. The maximum atomic E-state index is 11.7. The summed E-state index contributed by atoms with van der Waals surface area (Å²) in [5.74, 6) is -0.707. The van der Waals surface area contributed by atoms with E-state index in [1.165, 1.54) is 0 Å². The SMILES string of the molecule is CS(=O)(=O)CCCC(=O)CCC(F)(F)F. The number of halogens is 3. The average molecular weight is 246 g/mol. The average Bonchev–Trinajstić information content (AvgIpc) is 1.97. The number of sulfone groups is 1. The molecule has 0 atom stereocenters. The molecule has 0 aromatic rings. The number of hydrogen-bond donors (Lipinski definition) is 0. The second kappa shape index (κ2) is 5.48. The first-order chi connectivity index (χ1) is 6.60. The Labute approximate surface area is 86.6 Å². The van der Waals surface area contributed by atoms with E-state index in [9.17, 15) is 26.4 Å². The maximum Gasteiger partial charge on any atom is 0.389 e. The molecule has 90 valence electrons. The van der Waals surface area contributed by atoms with Gasteiger partial charge in [-0.2, -0.15) is 13.2 Å². The van der Waals surface area contributed by atoms with Crippen LogP contribution in [0.1, 0.15) is 25.7 Å². The smallest absolute Gasteiger partial charge is 0.300 e. The number of carbonyl (C=O) groups is 1. The fourth-order valence-electron chi connectivity index (χ4n) is 0.938. The third kappa shape index (κ3) is 11.3. The molecule has 0 aromatic heterocycles. The number of ketones is 1. The summed E-state index contributed by atoms with van der Waals surface area (Å²) in [5.41, 5.74) is 0. The van der Waals surface area contributed by atoms with Crippen molar-refractivity contribution in [2.45, 2.75) is 31.9 Å². The monoisotopic (exact) mass is 246 g/mol. The zero-order valence-corrected chi connectivity index (χ0v) is 9.12. The van der Waals surface area contributed by atoms with Gasteiger partial charge in [-0.15, -0.1) is 0 Å². The Bertz CT molecular complexity index is 306. The van der Waals surface area contributed by atoms with E-state index in [1.807, 2.05) is 0 Å². The van der Waals surface area contributed by atoms with E-state index in [-0.39, 0.29) is 18.6 Å². The molecule has 0 saturated carbocycles. The summed E-state index contributed by atoms with van der Waals surface area (Å²) in [6.07, 6.45) is -5.02. The van der Waals surface area contributed by atoms with Crippen molar-refractivity contribution in [1.29, 1.82) is 0 Å². The zero-order valence-electron chi connectivity index (χ0n) is 8.30. The molecule has 0 bridgehead atoms. The zero-order chi connectivity index (χ0) is 12.1. The summed E-state index contributed by atoms with van der Waals surface area (Å²) in [6, 6.07) is 0. The molecule has 0 aromatic carbocycles. The lowest BCUT2D eigenvalue weighted by Gasteiger charge is -2.04. The van der Waals surface area contributed by atoms with E-state index < -0.39 is 34.6 Å². The van der Waals surface area contributed by atoms with E-state index >= 15 is 0 Å². The molecule has 0 N–H and O–H groups in total. The topological polar surface area (TPSA) is 51.2 Å². The van der Waals surface area contributed by atoms with Crippen LogP contribution in [0.3, 0.4) is 0 Å². The highest BCUT2D eigenvalue weighted by molar-refractivity contribution is 7.90. The number of carbonyl (C=O) groups excluding carboxylic acids is 1. The summed E-state index contributed by atoms with van der Waals surface area (Å²) >= 11 is 0. The lowest BCUT2D eigenvalue weighted by molar-refractivity contribution is -0.143. The van der Waals surface area contributed by atoms with Gasteiger partial charge in [0.1, 0.15) is 15.6 Å². The Balaban J connectivity index is 3.69. The molecule has 15 heavy (non-hydrogen) atoms. The van der Waals surface area contributed by atoms with Crippen molar-refractivity contribution in [3.8, 4) is 0 Å². The van der Waals surface area contributed by atoms with Gasteiger partial charge in [0.05, 0.1) is 12.2 Å². The fourth-order valence-corrected chi connectivity index (χ4v) is 1.61. The highest BCUT2D eigenvalue weighted by Crippen LogP contribution is 2.21. The molecule has 3 nitrogen and oxygen atoms in total. The molecule has 0 fully saturated rings. The summed E-state index contributed by atoms with van der Waals surface area (Å²) in [6.45, 7) is 0. The van der Waals surface area contributed by atoms with Gasteiger partial charge in [-0.05, 0) is 6.42 Å². The second-order valence-corrected chi connectivity index (χ2v) is 5.65. The standard InChI is InChI=1S/C8H13F3O3S/c1-15(13,14)6-2-3-7(12)4-5-8(9,10)11/h2-6H2,1H3. The largest absolute Gasteiger partial charge is 0.389 e. The van der Waals surface area contributed by atoms with E-state index in [4.69, 9.17) is 0 Å². The number of rotatable bonds is 6. The first-order valence-corrected chi connectivity index (χ1v) is 6.42. The van der Waals surface area contributed by atoms with Crippen molar-refractivity contribution in [2.75, 3.05) is 12.0 Å². The molecular formula is C8H13F3O3S. The van der Waals surface area contributed by atoms with Crippen LogP contribution in [0, 0.1) is 0 Å². The number of Topliss-reactive ketones (excluding diaryl/α,β-unsaturated/α-hetero) is 1. The molecule has 0 amide bonds. The summed E-state index contributed by atoms with van der Waals surface area (Å²) in [7, 11) is -3.14. The van der Waals surface area contributed by atoms with Gasteiger partial charge in [-0.25, -0.2) is 8.42 Å². The van der Waals surface area contributed by atoms with Crippen LogP contribution in [0.25, 0.3) is 0 Å². The van der Waals surface area contributed by atoms with Crippen LogP contribution in [0.2, 0.25) is 0 Å². The molecule has 0 saturated heterocycles. The number of alkyl halides is 3. The van der Waals surface area contributed by atoms with E-state index in [0.717, 1.165) is 6.26 Å². The molecule has 0 aliphatic heterocycles. The summed E-state index contributed by atoms with van der Waals surface area (Å²) in [4.78, 5) is 10.9. The van der Waals surface area contributed by atoms with Gasteiger partial charge >= 0.3 is 6.18 Å². The molecular weight excluding hydrogens is 233 g/mol. The maximum absolute atomic E-state index is 11.7. The Kier molecular flexibility index (Phi) is 5.27. The van der Waals surface area contributed by atoms with Crippen molar-refractivity contribution in [1.82, 2.24) is 0 Å². The van der Waals surface area contributed by atoms with Crippen LogP contribution in [0.4, 0.5) is 13.2 Å². The van der Waals surface area contributed by atoms with Crippen LogP contribution in [-0.4, -0.2) is 32.4 Å². The normalized spacial score (nSPS) is 12.8. The van der Waals surface area contributed by atoms with Crippen molar-refractivity contribution >= 4 is 15.6 Å². The van der Waals surface area contributed by atoms with Crippen LogP contribution < -0.4 is 0 Å². The van der Waals surface area contributed by atoms with E-state index in [1.54, 1.807) is 0 Å². The Morgan fingerprint density at radius 1 is 1.20 bits per heavy atom. The van der Waals surface area contributed by atoms with Gasteiger partial charge in [-0.1, -0.05) is 0 Å². The molecule has 0 rings (SSSR count). The number of hydrogen-bond acceptors (Lipinski definition) is 3. The van der Waals surface area contributed by atoms with Gasteiger partial charge in [0.2, 0.25) is 0 Å². The van der Waals surface area contributed by atoms with Crippen LogP contribution in [-0.2, 0) is 14.6 Å².